The molecule has 0 radical (unpaired) electrons. The van der Waals surface area contributed by atoms with Gasteiger partial charge in [0.15, 0.2) is 5.96 Å². The van der Waals surface area contributed by atoms with E-state index in [0.29, 0.717) is 0 Å². The lowest BCUT2D eigenvalue weighted by Gasteiger charge is -2.43. The summed E-state index contributed by atoms with van der Waals surface area (Å²) in [6, 6.07) is 6.33. The molecule has 0 saturated heterocycles. The Kier molecular flexibility index (Phi) is 3.99. The molecular formula is C22H29N3O3. The van der Waals surface area contributed by atoms with Gasteiger partial charge in [-0.1, -0.05) is 18.9 Å². The van der Waals surface area contributed by atoms with Crippen LogP contribution in [0.2, 0.25) is 0 Å². The van der Waals surface area contributed by atoms with Crippen LogP contribution in [0.15, 0.2) is 23.2 Å². The zero-order valence-electron chi connectivity index (χ0n) is 16.7. The molecule has 2 saturated carbocycles. The summed E-state index contributed by atoms with van der Waals surface area (Å²) in [7, 11) is 3.46. The Morgan fingerprint density at radius 3 is 2.64 bits per heavy atom. The zero-order chi connectivity index (χ0) is 19.5. The maximum absolute atomic E-state index is 13.5. The molecule has 1 amide bonds. The van der Waals surface area contributed by atoms with Crippen molar-refractivity contribution in [1.29, 1.82) is 0 Å². The number of rotatable bonds is 4. The average molecular weight is 383 g/mol. The fraction of sp³-hybridized carbons (Fsp3) is 0.636. The second kappa shape index (κ2) is 6.21. The van der Waals surface area contributed by atoms with Crippen LogP contribution >= 0.6 is 0 Å². The van der Waals surface area contributed by atoms with E-state index in [-0.39, 0.29) is 18.0 Å². The topological polar surface area (TPSA) is 77.2 Å². The number of amides is 1. The SMILES string of the molecule is COC1CCC2(CC1)Oc1ccc(CCC3CC3)cc1C21N=C(N)N(C)C1=O. The first kappa shape index (κ1) is 18.0. The Bertz CT molecular complexity index is 839. The first-order valence-corrected chi connectivity index (χ1v) is 10.5. The van der Waals surface area contributed by atoms with Gasteiger partial charge in [0, 0.05) is 19.7 Å². The van der Waals surface area contributed by atoms with Crippen molar-refractivity contribution in [3.8, 4) is 5.75 Å². The highest BCUT2D eigenvalue weighted by molar-refractivity contribution is 6.08. The molecule has 150 valence electrons. The van der Waals surface area contributed by atoms with E-state index in [9.17, 15) is 4.79 Å². The Labute approximate surface area is 166 Å². The summed E-state index contributed by atoms with van der Waals surface area (Å²) in [5.41, 5.74) is 6.56. The number of aliphatic imine (C=N–C) groups is 1. The third-order valence-corrected chi connectivity index (χ3v) is 7.25. The van der Waals surface area contributed by atoms with E-state index >= 15 is 0 Å². The number of hydrogen-bond donors (Lipinski definition) is 1. The number of ether oxygens (including phenoxy) is 2. The van der Waals surface area contributed by atoms with Gasteiger partial charge in [0.25, 0.3) is 5.91 Å². The van der Waals surface area contributed by atoms with Gasteiger partial charge in [0.1, 0.15) is 11.4 Å². The molecule has 6 heteroatoms. The number of carbonyl (C=O) groups is 1. The molecule has 0 aromatic heterocycles. The number of carbonyl (C=O) groups excluding carboxylic acids is 1. The lowest BCUT2D eigenvalue weighted by Crippen LogP contribution is -2.57. The highest BCUT2D eigenvalue weighted by atomic mass is 16.5. The third-order valence-electron chi connectivity index (χ3n) is 7.25. The van der Waals surface area contributed by atoms with Crippen LogP contribution in [0.1, 0.15) is 56.1 Å². The van der Waals surface area contributed by atoms with E-state index in [0.717, 1.165) is 49.3 Å². The number of guanidine groups is 1. The van der Waals surface area contributed by atoms with Crippen molar-refractivity contribution in [3.63, 3.8) is 0 Å². The predicted octanol–water partition coefficient (Wildman–Crippen LogP) is 2.73. The van der Waals surface area contributed by atoms with E-state index in [1.54, 1.807) is 14.2 Å². The van der Waals surface area contributed by atoms with E-state index in [4.69, 9.17) is 20.2 Å². The second-order valence-electron chi connectivity index (χ2n) is 8.89. The molecule has 1 aromatic rings. The highest BCUT2D eigenvalue weighted by Gasteiger charge is 2.68. The van der Waals surface area contributed by atoms with Crippen molar-refractivity contribution in [2.24, 2.45) is 16.6 Å². The van der Waals surface area contributed by atoms with Gasteiger partial charge in [0.2, 0.25) is 5.54 Å². The summed E-state index contributed by atoms with van der Waals surface area (Å²) >= 11 is 0. The molecule has 6 nitrogen and oxygen atoms in total. The van der Waals surface area contributed by atoms with Crippen molar-refractivity contribution in [3.05, 3.63) is 29.3 Å². The maximum atomic E-state index is 13.5. The van der Waals surface area contributed by atoms with Crippen LogP contribution in [-0.2, 0) is 21.5 Å². The fourth-order valence-corrected chi connectivity index (χ4v) is 5.28. The molecule has 2 fully saturated rings. The van der Waals surface area contributed by atoms with Crippen molar-refractivity contribution in [2.75, 3.05) is 14.2 Å². The summed E-state index contributed by atoms with van der Waals surface area (Å²) in [4.78, 5) is 19.8. The molecule has 2 heterocycles. The molecule has 2 N–H and O–H groups in total. The quantitative estimate of drug-likeness (QED) is 0.867. The third kappa shape index (κ3) is 2.43. The van der Waals surface area contributed by atoms with Gasteiger partial charge in [-0.3, -0.25) is 9.69 Å². The summed E-state index contributed by atoms with van der Waals surface area (Å²) in [6.45, 7) is 0. The van der Waals surface area contributed by atoms with E-state index in [2.05, 4.69) is 12.1 Å². The standard InChI is InChI=1S/C22H29N3O3/c1-25-19(26)22(24-20(25)23)17-13-15(6-5-14-3-4-14)7-8-18(17)28-21(22)11-9-16(27-2)10-12-21/h7-8,13-14,16H,3-6,9-12H2,1-2H3,(H2,23,24). The number of nitrogens with zero attached hydrogens (tertiary/aromatic N) is 2. The summed E-state index contributed by atoms with van der Waals surface area (Å²) < 4.78 is 12.1. The number of fused-ring (bicyclic) bond motifs is 3. The molecule has 1 unspecified atom stereocenters. The molecule has 2 aliphatic heterocycles. The van der Waals surface area contributed by atoms with Crippen LogP contribution in [-0.4, -0.2) is 42.6 Å². The highest BCUT2D eigenvalue weighted by Crippen LogP contribution is 2.58. The molecule has 2 spiro atoms. The Morgan fingerprint density at radius 1 is 1.29 bits per heavy atom. The molecule has 28 heavy (non-hydrogen) atoms. The molecule has 0 bridgehead atoms. The van der Waals surface area contributed by atoms with Crippen LogP contribution in [0, 0.1) is 5.92 Å². The van der Waals surface area contributed by atoms with Gasteiger partial charge in [-0.25, -0.2) is 4.99 Å². The maximum Gasteiger partial charge on any atom is 0.266 e. The van der Waals surface area contributed by atoms with Crippen molar-refractivity contribution in [1.82, 2.24) is 4.90 Å². The minimum Gasteiger partial charge on any atom is -0.483 e. The smallest absolute Gasteiger partial charge is 0.266 e. The Morgan fingerprint density at radius 2 is 2.04 bits per heavy atom. The van der Waals surface area contributed by atoms with Gasteiger partial charge in [-0.15, -0.1) is 0 Å². The first-order valence-electron chi connectivity index (χ1n) is 10.5. The Balaban J connectivity index is 1.57. The van der Waals surface area contributed by atoms with E-state index < -0.39 is 11.1 Å². The summed E-state index contributed by atoms with van der Waals surface area (Å²) in [5.74, 6) is 1.87. The van der Waals surface area contributed by atoms with Gasteiger partial charge in [-0.05, 0) is 62.1 Å². The van der Waals surface area contributed by atoms with Gasteiger partial charge in [-0.2, -0.15) is 0 Å². The van der Waals surface area contributed by atoms with E-state index in [1.165, 1.54) is 29.7 Å². The van der Waals surface area contributed by atoms with Crippen molar-refractivity contribution >= 4 is 11.9 Å². The normalized spacial score (nSPS) is 34.1. The number of aryl methyl sites for hydroxylation is 1. The molecule has 4 aliphatic rings. The van der Waals surface area contributed by atoms with Crippen LogP contribution in [0.3, 0.4) is 0 Å². The van der Waals surface area contributed by atoms with Crippen LogP contribution in [0.4, 0.5) is 0 Å². The largest absolute Gasteiger partial charge is 0.483 e. The lowest BCUT2D eigenvalue weighted by molar-refractivity contribution is -0.140. The Hall–Kier alpha value is -2.08. The number of benzene rings is 1. The van der Waals surface area contributed by atoms with E-state index in [1.807, 2.05) is 6.07 Å². The lowest BCUT2D eigenvalue weighted by atomic mass is 9.68. The van der Waals surface area contributed by atoms with Crippen LogP contribution < -0.4 is 10.5 Å². The molecule has 1 atom stereocenters. The molecule has 2 aliphatic carbocycles. The molecule has 5 rings (SSSR count). The predicted molar refractivity (Wildman–Crippen MR) is 106 cm³/mol. The van der Waals surface area contributed by atoms with Gasteiger partial charge < -0.3 is 15.2 Å². The number of likely N-dealkylation sites (N-methyl/N-ethyl adjacent to an activating group) is 1. The van der Waals surface area contributed by atoms with Crippen molar-refractivity contribution in [2.45, 2.75) is 68.6 Å². The fourth-order valence-electron chi connectivity index (χ4n) is 5.28. The number of nitrogens with two attached hydrogens (primary N) is 1. The summed E-state index contributed by atoms with van der Waals surface area (Å²) in [6.07, 6.45) is 8.34. The van der Waals surface area contributed by atoms with Crippen LogP contribution in [0.5, 0.6) is 5.75 Å². The minimum atomic E-state index is -1.06. The number of methoxy groups -OCH3 is 1. The van der Waals surface area contributed by atoms with Crippen molar-refractivity contribution < 1.29 is 14.3 Å². The monoisotopic (exact) mass is 383 g/mol. The zero-order valence-corrected chi connectivity index (χ0v) is 16.7. The summed E-state index contributed by atoms with van der Waals surface area (Å²) in [5, 5.41) is 0. The van der Waals surface area contributed by atoms with Gasteiger partial charge >= 0.3 is 0 Å². The molecular weight excluding hydrogens is 354 g/mol. The molecule has 1 aromatic carbocycles. The average Bonchev–Trinajstić information content (AvgIpc) is 3.47. The second-order valence-corrected chi connectivity index (χ2v) is 8.89. The van der Waals surface area contributed by atoms with Crippen LogP contribution in [0.25, 0.3) is 0 Å². The first-order chi connectivity index (χ1) is 13.5. The number of hydrogen-bond acceptors (Lipinski definition) is 5. The minimum absolute atomic E-state index is 0.0704. The van der Waals surface area contributed by atoms with Gasteiger partial charge in [0.05, 0.1) is 6.10 Å².